The Bertz CT molecular complexity index is 1210. The number of anilines is 1. The number of nitrogens with one attached hydrogen (secondary N) is 2. The third kappa shape index (κ3) is 5.32. The van der Waals surface area contributed by atoms with E-state index in [4.69, 9.17) is 4.74 Å². The number of carboxylic acids is 1. The van der Waals surface area contributed by atoms with E-state index in [0.29, 0.717) is 12.2 Å². The highest BCUT2D eigenvalue weighted by atomic mass is 32.2. The van der Waals surface area contributed by atoms with Gasteiger partial charge in [0.1, 0.15) is 18.3 Å². The summed E-state index contributed by atoms with van der Waals surface area (Å²) in [5.74, 6) is -1.05. The minimum Gasteiger partial charge on any atom is -0.480 e. The molecule has 2 amide bonds. The van der Waals surface area contributed by atoms with Crippen LogP contribution in [-0.2, 0) is 16.6 Å². The maximum atomic E-state index is 12.6. The summed E-state index contributed by atoms with van der Waals surface area (Å²) < 4.78 is 6.79. The first-order valence-electron chi connectivity index (χ1n) is 11.1. The Balaban J connectivity index is 1.39. The van der Waals surface area contributed by atoms with E-state index in [9.17, 15) is 19.5 Å². The van der Waals surface area contributed by atoms with Crippen LogP contribution in [0.15, 0.2) is 54.6 Å². The first-order chi connectivity index (χ1) is 16.9. The van der Waals surface area contributed by atoms with Crippen molar-refractivity contribution in [2.75, 3.05) is 23.9 Å². The summed E-state index contributed by atoms with van der Waals surface area (Å²) in [4.78, 5) is 36.5. The lowest BCUT2D eigenvalue weighted by molar-refractivity contribution is -0.139. The Kier molecular flexibility index (Phi) is 7.40. The first-order valence-corrected chi connectivity index (χ1v) is 12.5. The monoisotopic (exact) mass is 494 g/mol. The summed E-state index contributed by atoms with van der Waals surface area (Å²) >= 11 is 1.50. The second kappa shape index (κ2) is 10.6. The SMILES string of the molecule is CSCCC(NC(=O)c1cc(NC(=O)OCC2c3ccccc3-c3ccccc32)nn1C)C(=O)O. The quantitative estimate of drug-likeness (QED) is 0.414. The second-order valence-corrected chi connectivity index (χ2v) is 9.12. The van der Waals surface area contributed by atoms with Gasteiger partial charge in [-0.2, -0.15) is 16.9 Å². The Morgan fingerprint density at radius 2 is 1.74 bits per heavy atom. The van der Waals surface area contributed by atoms with Crippen LogP contribution in [-0.4, -0.2) is 57.5 Å². The lowest BCUT2D eigenvalue weighted by Gasteiger charge is -2.14. The molecular formula is C25H26N4O5S. The van der Waals surface area contributed by atoms with Gasteiger partial charge in [0.25, 0.3) is 5.91 Å². The number of hydrogen-bond donors (Lipinski definition) is 3. The smallest absolute Gasteiger partial charge is 0.412 e. The minimum atomic E-state index is -1.11. The predicted octanol–water partition coefficient (Wildman–Crippen LogP) is 3.72. The van der Waals surface area contributed by atoms with Crippen molar-refractivity contribution in [2.24, 2.45) is 7.05 Å². The average Bonchev–Trinajstić information content (AvgIpc) is 3.37. The van der Waals surface area contributed by atoms with E-state index in [1.54, 1.807) is 0 Å². The third-order valence-electron chi connectivity index (χ3n) is 5.90. The summed E-state index contributed by atoms with van der Waals surface area (Å²) in [5.41, 5.74) is 4.60. The lowest BCUT2D eigenvalue weighted by Crippen LogP contribution is -2.41. The van der Waals surface area contributed by atoms with E-state index in [1.807, 2.05) is 42.7 Å². The van der Waals surface area contributed by atoms with Gasteiger partial charge in [-0.05, 0) is 40.7 Å². The lowest BCUT2D eigenvalue weighted by atomic mass is 9.98. The molecule has 3 N–H and O–H groups in total. The van der Waals surface area contributed by atoms with Crippen LogP contribution in [0, 0.1) is 0 Å². The topological polar surface area (TPSA) is 123 Å². The molecule has 10 heteroatoms. The second-order valence-electron chi connectivity index (χ2n) is 8.13. The number of rotatable bonds is 9. The number of hydrogen-bond acceptors (Lipinski definition) is 6. The molecule has 0 saturated carbocycles. The molecular weight excluding hydrogens is 468 g/mol. The number of carbonyl (C=O) groups is 3. The number of thioether (sulfide) groups is 1. The molecule has 1 aliphatic rings. The molecule has 1 aliphatic carbocycles. The standard InChI is InChI=1S/C25H26N4O5S/c1-29-21(23(30)26-20(24(31)32)11-12-35-2)13-22(28-29)27-25(33)34-14-19-17-9-5-3-7-15(17)16-8-4-6-10-18(16)19/h3-10,13,19-20H,11-12,14H2,1-2H3,(H,26,30)(H,31,32)(H,27,28,33). The number of aliphatic carboxylic acids is 1. The zero-order valence-corrected chi connectivity index (χ0v) is 20.2. The highest BCUT2D eigenvalue weighted by molar-refractivity contribution is 7.98. The summed E-state index contributed by atoms with van der Waals surface area (Å²) in [6.45, 7) is 0.149. The van der Waals surface area contributed by atoms with Crippen LogP contribution in [0.5, 0.6) is 0 Å². The van der Waals surface area contributed by atoms with Gasteiger partial charge in [-0.1, -0.05) is 48.5 Å². The molecule has 1 aromatic heterocycles. The fourth-order valence-electron chi connectivity index (χ4n) is 4.21. The van der Waals surface area contributed by atoms with E-state index in [2.05, 4.69) is 27.9 Å². The van der Waals surface area contributed by atoms with Crippen molar-refractivity contribution in [3.05, 3.63) is 71.4 Å². The van der Waals surface area contributed by atoms with Crippen LogP contribution < -0.4 is 10.6 Å². The van der Waals surface area contributed by atoms with Gasteiger partial charge < -0.3 is 15.2 Å². The number of aryl methyl sites for hydroxylation is 1. The molecule has 4 rings (SSSR count). The zero-order valence-electron chi connectivity index (χ0n) is 19.4. The first kappa shape index (κ1) is 24.3. The highest BCUT2D eigenvalue weighted by Gasteiger charge is 2.29. The molecule has 1 atom stereocenters. The van der Waals surface area contributed by atoms with E-state index in [1.165, 1.54) is 29.6 Å². The Hall–Kier alpha value is -3.79. The summed E-state index contributed by atoms with van der Waals surface area (Å²) in [6.07, 6.45) is 1.47. The number of fused-ring (bicyclic) bond motifs is 3. The van der Waals surface area contributed by atoms with Gasteiger partial charge in [0.15, 0.2) is 5.82 Å². The Morgan fingerprint density at radius 1 is 1.11 bits per heavy atom. The molecule has 0 bridgehead atoms. The van der Waals surface area contributed by atoms with Crippen LogP contribution in [0.4, 0.5) is 10.6 Å². The highest BCUT2D eigenvalue weighted by Crippen LogP contribution is 2.44. The molecule has 0 spiro atoms. The number of aromatic nitrogens is 2. The summed E-state index contributed by atoms with van der Waals surface area (Å²) in [6, 6.07) is 16.5. The maximum Gasteiger partial charge on any atom is 0.412 e. The van der Waals surface area contributed by atoms with Crippen LogP contribution in [0.25, 0.3) is 11.1 Å². The molecule has 0 aliphatic heterocycles. The number of nitrogens with zero attached hydrogens (tertiary/aromatic N) is 2. The normalized spacial score (nSPS) is 13.0. The molecule has 3 aromatic rings. The summed E-state index contributed by atoms with van der Waals surface area (Å²) in [7, 11) is 1.54. The van der Waals surface area contributed by atoms with E-state index in [0.717, 1.165) is 22.3 Å². The van der Waals surface area contributed by atoms with Gasteiger partial charge in [0.05, 0.1) is 0 Å². The van der Waals surface area contributed by atoms with Gasteiger partial charge in [-0.15, -0.1) is 0 Å². The molecule has 0 saturated heterocycles. The molecule has 9 nitrogen and oxygen atoms in total. The van der Waals surface area contributed by atoms with Crippen molar-refractivity contribution in [2.45, 2.75) is 18.4 Å². The number of amides is 2. The van der Waals surface area contributed by atoms with Gasteiger partial charge in [0.2, 0.25) is 0 Å². The largest absolute Gasteiger partial charge is 0.480 e. The van der Waals surface area contributed by atoms with E-state index < -0.39 is 24.0 Å². The van der Waals surface area contributed by atoms with Crippen molar-refractivity contribution in [3.63, 3.8) is 0 Å². The summed E-state index contributed by atoms with van der Waals surface area (Å²) in [5, 5.41) is 18.5. The van der Waals surface area contributed by atoms with Crippen molar-refractivity contribution in [3.8, 4) is 11.1 Å². The molecule has 1 unspecified atom stereocenters. The van der Waals surface area contributed by atoms with Crippen molar-refractivity contribution in [1.82, 2.24) is 15.1 Å². The van der Waals surface area contributed by atoms with Crippen LogP contribution in [0.2, 0.25) is 0 Å². The zero-order chi connectivity index (χ0) is 24.9. The molecule has 2 aromatic carbocycles. The van der Waals surface area contributed by atoms with Crippen LogP contribution in [0.3, 0.4) is 0 Å². The molecule has 182 valence electrons. The van der Waals surface area contributed by atoms with E-state index in [-0.39, 0.29) is 24.0 Å². The van der Waals surface area contributed by atoms with Crippen LogP contribution in [0.1, 0.15) is 34.0 Å². The third-order valence-corrected chi connectivity index (χ3v) is 6.54. The average molecular weight is 495 g/mol. The number of benzene rings is 2. The Morgan fingerprint density at radius 3 is 2.34 bits per heavy atom. The van der Waals surface area contributed by atoms with Gasteiger partial charge in [0, 0.05) is 19.0 Å². The number of ether oxygens (including phenoxy) is 1. The van der Waals surface area contributed by atoms with Gasteiger partial charge in [-0.25, -0.2) is 9.59 Å². The van der Waals surface area contributed by atoms with Crippen molar-refractivity contribution >= 4 is 35.5 Å². The molecule has 0 radical (unpaired) electrons. The molecule has 35 heavy (non-hydrogen) atoms. The molecule has 1 heterocycles. The van der Waals surface area contributed by atoms with Gasteiger partial charge in [-0.3, -0.25) is 14.8 Å². The van der Waals surface area contributed by atoms with Crippen molar-refractivity contribution < 1.29 is 24.2 Å². The maximum absolute atomic E-state index is 12.6. The Labute approximate surface area is 206 Å². The fourth-order valence-corrected chi connectivity index (χ4v) is 4.68. The molecule has 0 fully saturated rings. The predicted molar refractivity (Wildman–Crippen MR) is 134 cm³/mol. The number of carboxylic acid groups (broad SMARTS) is 1. The fraction of sp³-hybridized carbons (Fsp3) is 0.280. The minimum absolute atomic E-state index is 0.0764. The van der Waals surface area contributed by atoms with Gasteiger partial charge >= 0.3 is 12.1 Å². The van der Waals surface area contributed by atoms with Crippen LogP contribution >= 0.6 is 11.8 Å². The number of carbonyl (C=O) groups excluding carboxylic acids is 2. The van der Waals surface area contributed by atoms with Crippen molar-refractivity contribution in [1.29, 1.82) is 0 Å². The van der Waals surface area contributed by atoms with E-state index >= 15 is 0 Å².